The van der Waals surface area contributed by atoms with Crippen molar-refractivity contribution in [1.29, 1.82) is 0 Å². The summed E-state index contributed by atoms with van der Waals surface area (Å²) in [6.07, 6.45) is 1.62. The van der Waals surface area contributed by atoms with Gasteiger partial charge in [-0.15, -0.1) is 0 Å². The van der Waals surface area contributed by atoms with Gasteiger partial charge in [-0.3, -0.25) is 4.98 Å². The Hall–Kier alpha value is -2.76. The zero-order chi connectivity index (χ0) is 14.4. The van der Waals surface area contributed by atoms with Crippen LogP contribution in [0.1, 0.15) is 11.3 Å². The number of para-hydroxylation sites is 2. The van der Waals surface area contributed by atoms with Crippen LogP contribution in [0.2, 0.25) is 0 Å². The molecule has 0 aliphatic heterocycles. The van der Waals surface area contributed by atoms with Crippen LogP contribution in [-0.2, 0) is 6.54 Å². The first-order chi connectivity index (χ1) is 9.74. The monoisotopic (exact) mass is 272 g/mol. The predicted octanol–water partition coefficient (Wildman–Crippen LogP) is 1.80. The van der Waals surface area contributed by atoms with Crippen molar-refractivity contribution in [2.75, 3.05) is 12.4 Å². The number of hydrogen-bond donors (Lipinski definition) is 3. The number of hydrogen-bond acceptors (Lipinski definition) is 5. The van der Waals surface area contributed by atoms with Crippen molar-refractivity contribution in [3.05, 3.63) is 53.9 Å². The molecule has 0 atom stereocenters. The number of ether oxygens (including phenoxy) is 1. The molecule has 1 heterocycles. The summed E-state index contributed by atoms with van der Waals surface area (Å²) in [7, 11) is 1.63. The van der Waals surface area contributed by atoms with Gasteiger partial charge < -0.3 is 21.0 Å². The Bertz CT molecular complexity index is 614. The van der Waals surface area contributed by atoms with Crippen molar-refractivity contribution in [3.63, 3.8) is 0 Å². The Labute approximate surface area is 116 Å². The third-order valence-electron chi connectivity index (χ3n) is 2.78. The molecule has 0 aliphatic carbocycles. The highest BCUT2D eigenvalue weighted by atomic mass is 16.5. The van der Waals surface area contributed by atoms with Crippen molar-refractivity contribution >= 4 is 11.5 Å². The number of oxime groups is 1. The van der Waals surface area contributed by atoms with Gasteiger partial charge in [0.15, 0.2) is 5.84 Å². The minimum atomic E-state index is -0.0101. The molecule has 6 nitrogen and oxygen atoms in total. The fourth-order valence-electron chi connectivity index (χ4n) is 1.76. The Morgan fingerprint density at radius 3 is 2.95 bits per heavy atom. The molecule has 0 spiro atoms. The molecular weight excluding hydrogens is 256 g/mol. The van der Waals surface area contributed by atoms with E-state index in [1.807, 2.05) is 30.3 Å². The Balaban J connectivity index is 2.11. The normalized spacial score (nSPS) is 11.2. The van der Waals surface area contributed by atoms with E-state index in [2.05, 4.69) is 15.5 Å². The Morgan fingerprint density at radius 1 is 1.40 bits per heavy atom. The van der Waals surface area contributed by atoms with Crippen LogP contribution in [0, 0.1) is 0 Å². The smallest absolute Gasteiger partial charge is 0.188 e. The van der Waals surface area contributed by atoms with Crippen LogP contribution >= 0.6 is 0 Å². The number of methoxy groups -OCH3 is 1. The largest absolute Gasteiger partial charge is 0.495 e. The molecule has 2 rings (SSSR count). The summed E-state index contributed by atoms with van der Waals surface area (Å²) in [4.78, 5) is 4.03. The van der Waals surface area contributed by atoms with Crippen LogP contribution in [0.4, 0.5) is 5.69 Å². The van der Waals surface area contributed by atoms with Crippen molar-refractivity contribution in [1.82, 2.24) is 4.98 Å². The summed E-state index contributed by atoms with van der Waals surface area (Å²) < 4.78 is 5.27. The maximum absolute atomic E-state index is 8.65. The van der Waals surface area contributed by atoms with Crippen LogP contribution in [0.5, 0.6) is 5.75 Å². The van der Waals surface area contributed by atoms with E-state index in [1.54, 1.807) is 19.4 Å². The molecule has 0 radical (unpaired) electrons. The van der Waals surface area contributed by atoms with Gasteiger partial charge in [0, 0.05) is 12.7 Å². The van der Waals surface area contributed by atoms with Crippen molar-refractivity contribution in [2.45, 2.75) is 6.54 Å². The average molecular weight is 272 g/mol. The molecule has 1 aromatic carbocycles. The molecule has 20 heavy (non-hydrogen) atoms. The van der Waals surface area contributed by atoms with Crippen molar-refractivity contribution in [2.24, 2.45) is 10.9 Å². The lowest BCUT2D eigenvalue weighted by molar-refractivity contribution is 0.318. The predicted molar refractivity (Wildman–Crippen MR) is 77.1 cm³/mol. The van der Waals surface area contributed by atoms with E-state index in [1.165, 1.54) is 0 Å². The minimum absolute atomic E-state index is 0.0101. The molecule has 0 saturated carbocycles. The molecule has 104 valence electrons. The highest BCUT2D eigenvalue weighted by molar-refractivity contribution is 5.95. The second kappa shape index (κ2) is 6.42. The quantitative estimate of drug-likeness (QED) is 0.334. The van der Waals surface area contributed by atoms with Crippen LogP contribution in [0.25, 0.3) is 0 Å². The van der Waals surface area contributed by atoms with E-state index >= 15 is 0 Å². The number of anilines is 1. The fourth-order valence-corrected chi connectivity index (χ4v) is 1.76. The van der Waals surface area contributed by atoms with Crippen LogP contribution in [-0.4, -0.2) is 23.1 Å². The molecule has 0 bridgehead atoms. The highest BCUT2D eigenvalue weighted by Crippen LogP contribution is 2.23. The van der Waals surface area contributed by atoms with Gasteiger partial charge in [-0.05, 0) is 29.8 Å². The van der Waals surface area contributed by atoms with E-state index in [4.69, 9.17) is 15.7 Å². The third kappa shape index (κ3) is 3.17. The molecule has 1 aromatic heterocycles. The van der Waals surface area contributed by atoms with Crippen LogP contribution in [0.3, 0.4) is 0 Å². The molecule has 0 amide bonds. The van der Waals surface area contributed by atoms with Gasteiger partial charge in [-0.25, -0.2) is 0 Å². The molecule has 2 aromatic rings. The van der Waals surface area contributed by atoms with E-state index in [0.717, 1.165) is 17.0 Å². The number of amidine groups is 1. The lowest BCUT2D eigenvalue weighted by Gasteiger charge is -2.11. The first kappa shape index (κ1) is 13.7. The minimum Gasteiger partial charge on any atom is -0.495 e. The summed E-state index contributed by atoms with van der Waals surface area (Å²) in [5, 5.41) is 14.9. The molecule has 0 fully saturated rings. The van der Waals surface area contributed by atoms with Crippen molar-refractivity contribution < 1.29 is 9.94 Å². The van der Waals surface area contributed by atoms with Crippen LogP contribution in [0.15, 0.2) is 47.8 Å². The SMILES string of the molecule is COc1ccccc1NCc1ccnc(C(N)=NO)c1. The summed E-state index contributed by atoms with van der Waals surface area (Å²) in [6, 6.07) is 11.3. The number of nitrogens with zero attached hydrogens (tertiary/aromatic N) is 2. The second-order valence-electron chi connectivity index (χ2n) is 4.09. The standard InChI is InChI=1S/C14H16N4O2/c1-20-13-5-3-2-4-11(13)17-9-10-6-7-16-12(8-10)14(15)18-19/h2-8,17,19H,9H2,1H3,(H2,15,18). The number of nitrogens with one attached hydrogen (secondary N) is 1. The molecular formula is C14H16N4O2. The zero-order valence-corrected chi connectivity index (χ0v) is 11.1. The second-order valence-corrected chi connectivity index (χ2v) is 4.09. The van der Waals surface area contributed by atoms with Gasteiger partial charge in [0.1, 0.15) is 11.4 Å². The van der Waals surface area contributed by atoms with Gasteiger partial charge in [0.05, 0.1) is 12.8 Å². The number of nitrogens with two attached hydrogens (primary N) is 1. The first-order valence-electron chi connectivity index (χ1n) is 6.04. The topological polar surface area (TPSA) is 92.8 Å². The fraction of sp³-hybridized carbons (Fsp3) is 0.143. The molecule has 0 unspecified atom stereocenters. The average Bonchev–Trinajstić information content (AvgIpc) is 2.52. The number of benzene rings is 1. The molecule has 6 heteroatoms. The van der Waals surface area contributed by atoms with E-state index in [0.29, 0.717) is 12.2 Å². The lowest BCUT2D eigenvalue weighted by Crippen LogP contribution is -2.15. The van der Waals surface area contributed by atoms with Crippen LogP contribution < -0.4 is 15.8 Å². The summed E-state index contributed by atoms with van der Waals surface area (Å²) >= 11 is 0. The molecule has 0 aliphatic rings. The highest BCUT2D eigenvalue weighted by Gasteiger charge is 2.04. The first-order valence-corrected chi connectivity index (χ1v) is 6.04. The lowest BCUT2D eigenvalue weighted by atomic mass is 10.2. The maximum atomic E-state index is 8.65. The van der Waals surface area contributed by atoms with Gasteiger partial charge >= 0.3 is 0 Å². The number of rotatable bonds is 5. The van der Waals surface area contributed by atoms with Gasteiger partial charge in [0.25, 0.3) is 0 Å². The van der Waals surface area contributed by atoms with Gasteiger partial charge in [-0.2, -0.15) is 0 Å². The third-order valence-corrected chi connectivity index (χ3v) is 2.78. The maximum Gasteiger partial charge on any atom is 0.188 e. The van der Waals surface area contributed by atoms with Crippen molar-refractivity contribution in [3.8, 4) is 5.75 Å². The van der Waals surface area contributed by atoms with E-state index < -0.39 is 0 Å². The Morgan fingerprint density at radius 2 is 2.20 bits per heavy atom. The molecule has 0 saturated heterocycles. The summed E-state index contributed by atoms with van der Waals surface area (Å²) in [5.74, 6) is 0.766. The molecule has 4 N–H and O–H groups in total. The summed E-state index contributed by atoms with van der Waals surface area (Å²) in [6.45, 7) is 0.578. The van der Waals surface area contributed by atoms with E-state index in [9.17, 15) is 0 Å². The summed E-state index contributed by atoms with van der Waals surface area (Å²) in [5.41, 5.74) is 7.82. The zero-order valence-electron chi connectivity index (χ0n) is 11.1. The number of aromatic nitrogens is 1. The number of pyridine rings is 1. The van der Waals surface area contributed by atoms with E-state index in [-0.39, 0.29) is 5.84 Å². The van der Waals surface area contributed by atoms with Gasteiger partial charge in [0.2, 0.25) is 0 Å². The van der Waals surface area contributed by atoms with Gasteiger partial charge in [-0.1, -0.05) is 17.3 Å². The Kier molecular flexibility index (Phi) is 4.39.